The van der Waals surface area contributed by atoms with Gasteiger partial charge in [-0.05, 0) is 24.3 Å². The van der Waals surface area contributed by atoms with Crippen LogP contribution in [0, 0.1) is 20.2 Å². The van der Waals surface area contributed by atoms with Crippen LogP contribution in [0.3, 0.4) is 0 Å². The van der Waals surface area contributed by atoms with E-state index in [1.54, 1.807) is 12.1 Å². The number of fused-ring (bicyclic) bond motifs is 3. The summed E-state index contributed by atoms with van der Waals surface area (Å²) in [6, 6.07) is 13.6. The third-order valence-electron chi connectivity index (χ3n) is 4.75. The van der Waals surface area contributed by atoms with Gasteiger partial charge in [-0.3, -0.25) is 20.2 Å². The quantitative estimate of drug-likeness (QED) is 0.528. The molecule has 1 heterocycles. The maximum Gasteiger partial charge on any atom is 0.284 e. The summed E-state index contributed by atoms with van der Waals surface area (Å²) in [5, 5.41) is 30.2. The first-order valence-electron chi connectivity index (χ1n) is 7.83. The van der Waals surface area contributed by atoms with Gasteiger partial charge in [0.25, 0.3) is 11.4 Å². The third kappa shape index (κ3) is 1.72. The Morgan fingerprint density at radius 1 is 0.654 bits per heavy atom. The van der Waals surface area contributed by atoms with Crippen molar-refractivity contribution >= 4 is 44.9 Å². The molecule has 2 N–H and O–H groups in total. The van der Waals surface area contributed by atoms with E-state index in [1.165, 1.54) is 12.1 Å². The number of benzene rings is 3. The number of nitro groups is 2. The molecule has 0 saturated carbocycles. The van der Waals surface area contributed by atoms with Crippen LogP contribution < -0.4 is 10.6 Å². The second-order valence-electron chi connectivity index (χ2n) is 6.07. The number of anilines is 2. The Kier molecular flexibility index (Phi) is 2.65. The van der Waals surface area contributed by atoms with Gasteiger partial charge in [0.15, 0.2) is 0 Å². The summed E-state index contributed by atoms with van der Waals surface area (Å²) in [5.74, 6) is 0. The molecule has 1 aliphatic heterocycles. The zero-order valence-corrected chi connectivity index (χ0v) is 13.1. The van der Waals surface area contributed by atoms with E-state index in [1.807, 2.05) is 24.3 Å². The molecule has 0 amide bonds. The smallest absolute Gasteiger partial charge is 0.284 e. The van der Waals surface area contributed by atoms with Crippen LogP contribution in [0.4, 0.5) is 22.7 Å². The van der Waals surface area contributed by atoms with Crippen molar-refractivity contribution in [3.8, 4) is 0 Å². The van der Waals surface area contributed by atoms with Crippen LogP contribution in [0.15, 0.2) is 48.5 Å². The molecule has 8 nitrogen and oxygen atoms in total. The molecule has 0 aromatic heterocycles. The molecule has 0 bridgehead atoms. The summed E-state index contributed by atoms with van der Waals surface area (Å²) < 4.78 is 0. The first kappa shape index (κ1) is 14.4. The van der Waals surface area contributed by atoms with Crippen molar-refractivity contribution in [3.05, 3.63) is 79.9 Å². The van der Waals surface area contributed by atoms with E-state index in [0.29, 0.717) is 16.5 Å². The second-order valence-corrected chi connectivity index (χ2v) is 6.07. The van der Waals surface area contributed by atoms with Gasteiger partial charge in [-0.15, -0.1) is 0 Å². The molecule has 1 aliphatic carbocycles. The van der Waals surface area contributed by atoms with Crippen LogP contribution in [0.25, 0.3) is 22.2 Å². The molecular formula is C18H10N4O4. The van der Waals surface area contributed by atoms with Crippen molar-refractivity contribution in [3.63, 3.8) is 0 Å². The maximum atomic E-state index is 11.5. The number of para-hydroxylation sites is 2. The molecule has 5 rings (SSSR count). The van der Waals surface area contributed by atoms with Gasteiger partial charge in [0.1, 0.15) is 5.39 Å². The summed E-state index contributed by atoms with van der Waals surface area (Å²) in [5.41, 5.74) is 4.16. The van der Waals surface area contributed by atoms with Gasteiger partial charge in [-0.25, -0.2) is 0 Å². The molecule has 0 fully saturated rings. The van der Waals surface area contributed by atoms with Crippen molar-refractivity contribution in [1.29, 1.82) is 0 Å². The Bertz CT molecular complexity index is 1110. The molecule has 3 aromatic carbocycles. The van der Waals surface area contributed by atoms with Crippen molar-refractivity contribution in [2.75, 3.05) is 10.6 Å². The van der Waals surface area contributed by atoms with Gasteiger partial charge in [-0.2, -0.15) is 0 Å². The molecular weight excluding hydrogens is 336 g/mol. The van der Waals surface area contributed by atoms with Gasteiger partial charge in [0, 0.05) is 28.6 Å². The predicted octanol–water partition coefficient (Wildman–Crippen LogP) is 4.33. The monoisotopic (exact) mass is 346 g/mol. The molecule has 0 radical (unpaired) electrons. The van der Waals surface area contributed by atoms with E-state index in [4.69, 9.17) is 0 Å². The van der Waals surface area contributed by atoms with Gasteiger partial charge < -0.3 is 10.6 Å². The molecule has 126 valence electrons. The standard InChI is InChI=1S/C18H10N4O4/c23-21(24)13-7-5-9-15-10(6-8-14(16(13)15)22(25)26)18-17(9)19-11-3-1-2-4-12(11)20-18/h1-8,19-20H. The van der Waals surface area contributed by atoms with Crippen molar-refractivity contribution in [1.82, 2.24) is 0 Å². The first-order chi connectivity index (χ1) is 12.6. The van der Waals surface area contributed by atoms with Crippen LogP contribution in [0.5, 0.6) is 0 Å². The van der Waals surface area contributed by atoms with Gasteiger partial charge in [0.05, 0.1) is 32.6 Å². The number of rotatable bonds is 2. The lowest BCUT2D eigenvalue weighted by molar-refractivity contribution is -0.390. The molecule has 26 heavy (non-hydrogen) atoms. The van der Waals surface area contributed by atoms with Crippen LogP contribution >= 0.6 is 0 Å². The predicted molar refractivity (Wildman–Crippen MR) is 97.8 cm³/mol. The van der Waals surface area contributed by atoms with E-state index < -0.39 is 9.85 Å². The van der Waals surface area contributed by atoms with E-state index in [0.717, 1.165) is 22.8 Å². The third-order valence-corrected chi connectivity index (χ3v) is 4.75. The molecule has 0 saturated heterocycles. The van der Waals surface area contributed by atoms with E-state index in [2.05, 4.69) is 10.6 Å². The zero-order chi connectivity index (χ0) is 18.0. The lowest BCUT2D eigenvalue weighted by Crippen LogP contribution is -2.11. The summed E-state index contributed by atoms with van der Waals surface area (Å²) in [6.07, 6.45) is 0. The van der Waals surface area contributed by atoms with Crippen LogP contribution in [-0.2, 0) is 0 Å². The minimum atomic E-state index is -0.581. The number of nitro benzene ring substituents is 2. The van der Waals surface area contributed by atoms with Gasteiger partial charge in [0.2, 0.25) is 0 Å². The highest BCUT2D eigenvalue weighted by Crippen LogP contribution is 2.50. The Labute approximate surface area is 146 Å². The molecule has 0 atom stereocenters. The van der Waals surface area contributed by atoms with E-state index >= 15 is 0 Å². The lowest BCUT2D eigenvalue weighted by atomic mass is 10.00. The maximum absolute atomic E-state index is 11.5. The van der Waals surface area contributed by atoms with Crippen molar-refractivity contribution in [2.45, 2.75) is 0 Å². The Hall–Kier alpha value is -3.94. The fourth-order valence-electron chi connectivity index (χ4n) is 3.68. The highest BCUT2D eigenvalue weighted by atomic mass is 16.6. The highest BCUT2D eigenvalue weighted by Gasteiger charge is 2.34. The minimum Gasteiger partial charge on any atom is -0.352 e. The fourth-order valence-corrected chi connectivity index (χ4v) is 3.68. The fraction of sp³-hybridized carbons (Fsp3) is 0. The number of nitrogens with zero attached hydrogens (tertiary/aromatic N) is 2. The topological polar surface area (TPSA) is 110 Å². The number of hydrogen-bond acceptors (Lipinski definition) is 6. The van der Waals surface area contributed by atoms with Gasteiger partial charge in [-0.1, -0.05) is 12.1 Å². The molecule has 2 aliphatic rings. The van der Waals surface area contributed by atoms with Crippen LogP contribution in [0.1, 0.15) is 11.1 Å². The van der Waals surface area contributed by atoms with Crippen LogP contribution in [0.2, 0.25) is 0 Å². The molecule has 0 unspecified atom stereocenters. The van der Waals surface area contributed by atoms with Crippen LogP contribution in [-0.4, -0.2) is 9.85 Å². The summed E-state index contributed by atoms with van der Waals surface area (Å²) in [4.78, 5) is 21.8. The van der Waals surface area contributed by atoms with E-state index in [9.17, 15) is 20.2 Å². The normalized spacial score (nSPS) is 13.7. The van der Waals surface area contributed by atoms with E-state index in [-0.39, 0.29) is 16.8 Å². The highest BCUT2D eigenvalue weighted by molar-refractivity contribution is 6.22. The van der Waals surface area contributed by atoms with Crippen molar-refractivity contribution in [2.24, 2.45) is 0 Å². The van der Waals surface area contributed by atoms with Gasteiger partial charge >= 0.3 is 0 Å². The minimum absolute atomic E-state index is 0.0528. The average molecular weight is 346 g/mol. The summed E-state index contributed by atoms with van der Waals surface area (Å²) in [7, 11) is 0. The lowest BCUT2D eigenvalue weighted by Gasteiger charge is -2.22. The average Bonchev–Trinajstić information content (AvgIpc) is 2.94. The zero-order valence-electron chi connectivity index (χ0n) is 13.1. The molecule has 3 aromatic rings. The SMILES string of the molecule is O=[N+]([O-])c1ccc2c3c(ccc([N+](=O)[O-])c13)C1=C2Nc2ccccc2N1. The number of nitrogens with one attached hydrogen (secondary N) is 2. The molecule has 8 heteroatoms. The second kappa shape index (κ2) is 4.79. The Balaban J connectivity index is 1.84. The Morgan fingerprint density at radius 2 is 1.12 bits per heavy atom. The molecule has 0 spiro atoms. The van der Waals surface area contributed by atoms with Crippen molar-refractivity contribution < 1.29 is 9.85 Å². The largest absolute Gasteiger partial charge is 0.352 e. The number of hydrogen-bond donors (Lipinski definition) is 2. The first-order valence-corrected chi connectivity index (χ1v) is 7.83. The number of non-ortho nitro benzene ring substituents is 2. The Morgan fingerprint density at radius 3 is 1.54 bits per heavy atom. The summed E-state index contributed by atoms with van der Waals surface area (Å²) >= 11 is 0. The summed E-state index contributed by atoms with van der Waals surface area (Å²) in [6.45, 7) is 0.